The molecule has 3 nitrogen and oxygen atoms in total. The van der Waals surface area contributed by atoms with E-state index in [2.05, 4.69) is 53.3 Å². The monoisotopic (exact) mass is 362 g/mol. The topological polar surface area (TPSA) is 57.5 Å². The van der Waals surface area contributed by atoms with Gasteiger partial charge in [-0.2, -0.15) is 0 Å². The highest BCUT2D eigenvalue weighted by Crippen LogP contribution is 2.06. The maximum Gasteiger partial charge on any atom is 0.345 e. The van der Waals surface area contributed by atoms with E-state index in [1.54, 1.807) is 6.08 Å². The van der Waals surface area contributed by atoms with Gasteiger partial charge in [0.05, 0.1) is 0 Å². The van der Waals surface area contributed by atoms with Crippen molar-refractivity contribution in [1.82, 2.24) is 0 Å². The van der Waals surface area contributed by atoms with E-state index >= 15 is 0 Å². The average Bonchev–Trinajstić information content (AvgIpc) is 2.66. The first kappa shape index (κ1) is 24.0. The van der Waals surface area contributed by atoms with Gasteiger partial charge < -0.3 is 10.2 Å². The van der Waals surface area contributed by atoms with Crippen LogP contribution in [-0.2, 0) is 4.79 Å². The van der Waals surface area contributed by atoms with Gasteiger partial charge in [-0.25, -0.2) is 4.79 Å². The molecule has 0 heterocycles. The number of rotatable bonds is 10. The van der Waals surface area contributed by atoms with Crippen LogP contribution in [0.4, 0.5) is 0 Å². The van der Waals surface area contributed by atoms with Crippen LogP contribution in [0.2, 0.25) is 0 Å². The van der Waals surface area contributed by atoms with Crippen LogP contribution in [0.3, 0.4) is 0 Å². The van der Waals surface area contributed by atoms with Crippen LogP contribution in [-0.4, -0.2) is 22.3 Å². The standard InChI is InChI=1S/C24H26O3/c1-2-3-4-5-6-7-8-9-10-11-12-13-14-15-16-17-18-19-20-21-22-23(25)24(26)27/h1,3-4,23,25H,5-7,14-20H2,(H,26,27)/b4-3-/t23-/m0/s1. The van der Waals surface area contributed by atoms with E-state index in [4.69, 9.17) is 16.6 Å². The molecule has 0 radical (unpaired) electrons. The lowest BCUT2D eigenvalue weighted by molar-refractivity contribution is -0.143. The minimum absolute atomic E-state index is 0.613. The molecule has 2 N–H and O–H groups in total. The normalized spacial score (nSPS) is 9.93. The largest absolute Gasteiger partial charge is 0.479 e. The number of carbonyl (C=O) groups is 1. The fourth-order valence-electron chi connectivity index (χ4n) is 1.92. The number of aliphatic hydroxyl groups excluding tert-OH is 1. The van der Waals surface area contributed by atoms with Crippen LogP contribution < -0.4 is 0 Å². The predicted octanol–water partition coefficient (Wildman–Crippen LogP) is 3.54. The fraction of sp³-hybridized carbons (Fsp3) is 0.458. The van der Waals surface area contributed by atoms with E-state index in [0.29, 0.717) is 6.42 Å². The third-order valence-corrected chi connectivity index (χ3v) is 3.33. The van der Waals surface area contributed by atoms with E-state index in [1.165, 1.54) is 0 Å². The second-order valence-corrected chi connectivity index (χ2v) is 5.64. The molecule has 0 saturated heterocycles. The average molecular weight is 362 g/mol. The Morgan fingerprint density at radius 1 is 0.852 bits per heavy atom. The number of hydrogen-bond acceptors (Lipinski definition) is 2. The maximum absolute atomic E-state index is 10.3. The SMILES string of the molecule is C#C/C=C\CCCC#CC#CC#CCCCCCCCC#C[C@H](O)C(=O)O. The summed E-state index contributed by atoms with van der Waals surface area (Å²) in [5.74, 6) is 23.2. The molecule has 0 aliphatic carbocycles. The van der Waals surface area contributed by atoms with Gasteiger partial charge >= 0.3 is 5.97 Å². The lowest BCUT2D eigenvalue weighted by Gasteiger charge is -1.96. The van der Waals surface area contributed by atoms with E-state index in [0.717, 1.165) is 57.8 Å². The molecule has 140 valence electrons. The van der Waals surface area contributed by atoms with Gasteiger partial charge in [-0.1, -0.05) is 54.9 Å². The van der Waals surface area contributed by atoms with E-state index < -0.39 is 12.1 Å². The molecule has 3 heteroatoms. The summed E-state index contributed by atoms with van der Waals surface area (Å²) in [7, 11) is 0. The van der Waals surface area contributed by atoms with Crippen LogP contribution in [0.1, 0.15) is 64.2 Å². The maximum atomic E-state index is 10.3. The minimum atomic E-state index is -1.57. The Morgan fingerprint density at radius 3 is 2.00 bits per heavy atom. The van der Waals surface area contributed by atoms with Gasteiger partial charge in [0.15, 0.2) is 0 Å². The van der Waals surface area contributed by atoms with Gasteiger partial charge in [0.2, 0.25) is 6.10 Å². The lowest BCUT2D eigenvalue weighted by Crippen LogP contribution is -2.16. The van der Waals surface area contributed by atoms with E-state index in [9.17, 15) is 4.79 Å². The van der Waals surface area contributed by atoms with Crippen molar-refractivity contribution < 1.29 is 15.0 Å². The van der Waals surface area contributed by atoms with Gasteiger partial charge in [-0.3, -0.25) is 0 Å². The number of allylic oxidation sites excluding steroid dienone is 2. The Hall–Kier alpha value is -3.03. The number of carboxylic acids is 1. The molecule has 0 amide bonds. The van der Waals surface area contributed by atoms with Crippen molar-refractivity contribution in [1.29, 1.82) is 0 Å². The van der Waals surface area contributed by atoms with Gasteiger partial charge in [-0.05, 0) is 55.4 Å². The molecule has 0 aliphatic rings. The first-order valence-electron chi connectivity index (χ1n) is 9.14. The lowest BCUT2D eigenvalue weighted by atomic mass is 10.1. The zero-order valence-corrected chi connectivity index (χ0v) is 15.7. The van der Waals surface area contributed by atoms with E-state index in [-0.39, 0.29) is 0 Å². The zero-order chi connectivity index (χ0) is 20.0. The molecule has 0 aromatic heterocycles. The number of unbranched alkanes of at least 4 members (excludes halogenated alkanes) is 8. The number of aliphatic hydroxyl groups is 1. The minimum Gasteiger partial charge on any atom is -0.479 e. The summed E-state index contributed by atoms with van der Waals surface area (Å²) >= 11 is 0. The molecule has 0 unspecified atom stereocenters. The molecule has 0 rings (SSSR count). The number of terminal acetylenes is 1. The first-order chi connectivity index (χ1) is 13.2. The molecule has 0 aromatic rings. The van der Waals surface area contributed by atoms with Crippen molar-refractivity contribution in [2.24, 2.45) is 0 Å². The molecule has 0 aliphatic heterocycles. The summed E-state index contributed by atoms with van der Waals surface area (Å²) in [6.07, 6.45) is 16.5. The smallest absolute Gasteiger partial charge is 0.345 e. The Morgan fingerprint density at radius 2 is 1.41 bits per heavy atom. The number of carboxylic acid groups (broad SMARTS) is 1. The van der Waals surface area contributed by atoms with Gasteiger partial charge in [-0.15, -0.1) is 6.42 Å². The highest BCUT2D eigenvalue weighted by Gasteiger charge is 2.06. The molecule has 0 aromatic carbocycles. The summed E-state index contributed by atoms with van der Waals surface area (Å²) in [6.45, 7) is 0. The summed E-state index contributed by atoms with van der Waals surface area (Å²) in [6, 6.07) is 0. The van der Waals surface area contributed by atoms with E-state index in [1.807, 2.05) is 6.08 Å². The molecule has 1 atom stereocenters. The Labute approximate surface area is 163 Å². The molecular formula is C24H26O3. The van der Waals surface area contributed by atoms with Gasteiger partial charge in [0.1, 0.15) is 0 Å². The molecule has 27 heavy (non-hydrogen) atoms. The second kappa shape index (κ2) is 19.3. The van der Waals surface area contributed by atoms with Crippen LogP contribution in [0, 0.1) is 59.7 Å². The third-order valence-electron chi connectivity index (χ3n) is 3.33. The predicted molar refractivity (Wildman–Crippen MR) is 109 cm³/mol. The van der Waals surface area contributed by atoms with Crippen molar-refractivity contribution in [3.63, 3.8) is 0 Å². The van der Waals surface area contributed by atoms with Crippen molar-refractivity contribution >= 4 is 5.97 Å². The molecular weight excluding hydrogens is 336 g/mol. The summed E-state index contributed by atoms with van der Waals surface area (Å²) < 4.78 is 0. The Kier molecular flexibility index (Phi) is 17.1. The van der Waals surface area contributed by atoms with Crippen molar-refractivity contribution in [3.8, 4) is 59.7 Å². The van der Waals surface area contributed by atoms with Gasteiger partial charge in [0, 0.05) is 19.3 Å². The van der Waals surface area contributed by atoms with Crippen molar-refractivity contribution in [3.05, 3.63) is 12.2 Å². The highest BCUT2D eigenvalue weighted by molar-refractivity contribution is 5.75. The molecule has 0 fully saturated rings. The quantitative estimate of drug-likeness (QED) is 0.462. The molecule has 0 spiro atoms. The summed E-state index contributed by atoms with van der Waals surface area (Å²) in [5, 5.41) is 17.4. The number of hydrogen-bond donors (Lipinski definition) is 2. The van der Waals surface area contributed by atoms with Crippen LogP contribution >= 0.6 is 0 Å². The highest BCUT2D eigenvalue weighted by atomic mass is 16.4. The Balaban J connectivity index is 3.57. The number of aliphatic carboxylic acids is 1. The fourth-order valence-corrected chi connectivity index (χ4v) is 1.92. The Bertz CT molecular complexity index is 737. The van der Waals surface area contributed by atoms with Crippen LogP contribution in [0.5, 0.6) is 0 Å². The van der Waals surface area contributed by atoms with Crippen LogP contribution in [0.15, 0.2) is 12.2 Å². The molecule has 0 saturated carbocycles. The zero-order valence-electron chi connectivity index (χ0n) is 15.7. The summed E-state index contributed by atoms with van der Waals surface area (Å²) in [4.78, 5) is 10.3. The van der Waals surface area contributed by atoms with Crippen LogP contribution in [0.25, 0.3) is 0 Å². The second-order valence-electron chi connectivity index (χ2n) is 5.64. The third kappa shape index (κ3) is 19.1. The van der Waals surface area contributed by atoms with Crippen molar-refractivity contribution in [2.45, 2.75) is 70.3 Å². The molecule has 0 bridgehead atoms. The first-order valence-corrected chi connectivity index (χ1v) is 9.14. The van der Waals surface area contributed by atoms with Gasteiger partial charge in [0.25, 0.3) is 0 Å². The summed E-state index contributed by atoms with van der Waals surface area (Å²) in [5.41, 5.74) is 0. The van der Waals surface area contributed by atoms with Crippen molar-refractivity contribution in [2.75, 3.05) is 0 Å².